The number of imide groups is 1. The third-order valence-corrected chi connectivity index (χ3v) is 3.71. The smallest absolute Gasteiger partial charge is 0.249 e. The summed E-state index contributed by atoms with van der Waals surface area (Å²) < 4.78 is 0.766. The van der Waals surface area contributed by atoms with Crippen LogP contribution in [0.1, 0.15) is 18.4 Å². The van der Waals surface area contributed by atoms with Crippen molar-refractivity contribution in [2.45, 2.75) is 18.9 Å². The maximum Gasteiger partial charge on any atom is 0.249 e. The molecular weight excluding hydrogens is 330 g/mol. The summed E-state index contributed by atoms with van der Waals surface area (Å²) in [5.74, 6) is -0.535. The number of hydrogen-bond donors (Lipinski definition) is 3. The minimum atomic E-state index is -0.412. The minimum absolute atomic E-state index is 0.231. The zero-order valence-corrected chi connectivity index (χ0v) is 12.3. The van der Waals surface area contributed by atoms with Gasteiger partial charge in [-0.3, -0.25) is 14.9 Å². The van der Waals surface area contributed by atoms with E-state index >= 15 is 0 Å². The van der Waals surface area contributed by atoms with Gasteiger partial charge in [-0.1, -0.05) is 12.2 Å². The highest BCUT2D eigenvalue weighted by molar-refractivity contribution is 9.10. The molecule has 0 aliphatic carbocycles. The van der Waals surface area contributed by atoms with E-state index in [-0.39, 0.29) is 11.8 Å². The Morgan fingerprint density at radius 3 is 2.79 bits per heavy atom. The zero-order valence-electron chi connectivity index (χ0n) is 9.90. The first kappa shape index (κ1) is 14.0. The summed E-state index contributed by atoms with van der Waals surface area (Å²) in [6, 6.07) is 4.95. The Labute approximate surface area is 124 Å². The number of carbonyl (C=O) groups excluding carboxylic acids is 2. The summed E-state index contributed by atoms with van der Waals surface area (Å²) in [4.78, 5) is 23.0. The van der Waals surface area contributed by atoms with Gasteiger partial charge in [0.05, 0.1) is 0 Å². The van der Waals surface area contributed by atoms with E-state index in [9.17, 15) is 9.59 Å². The first-order chi connectivity index (χ1) is 8.97. The van der Waals surface area contributed by atoms with Crippen LogP contribution < -0.4 is 16.4 Å². The largest absolute Gasteiger partial charge is 0.389 e. The van der Waals surface area contributed by atoms with Gasteiger partial charge in [-0.2, -0.15) is 0 Å². The number of amides is 2. The van der Waals surface area contributed by atoms with E-state index in [1.807, 2.05) is 0 Å². The van der Waals surface area contributed by atoms with Crippen LogP contribution in [0.25, 0.3) is 0 Å². The molecule has 2 amide bonds. The van der Waals surface area contributed by atoms with Crippen molar-refractivity contribution in [2.75, 3.05) is 5.32 Å². The van der Waals surface area contributed by atoms with E-state index < -0.39 is 6.04 Å². The van der Waals surface area contributed by atoms with Crippen molar-refractivity contribution in [1.29, 1.82) is 0 Å². The third kappa shape index (κ3) is 3.30. The molecule has 1 heterocycles. The third-order valence-electron chi connectivity index (χ3n) is 2.82. The normalized spacial score (nSPS) is 18.9. The number of thiocarbonyl (C=S) groups is 1. The lowest BCUT2D eigenvalue weighted by Gasteiger charge is -2.23. The lowest BCUT2D eigenvalue weighted by atomic mass is 10.1. The van der Waals surface area contributed by atoms with E-state index in [2.05, 4.69) is 26.6 Å². The predicted molar refractivity (Wildman–Crippen MR) is 79.8 cm³/mol. The summed E-state index contributed by atoms with van der Waals surface area (Å²) in [5, 5.41) is 5.39. The molecule has 1 atom stereocenters. The fourth-order valence-electron chi connectivity index (χ4n) is 1.80. The average Bonchev–Trinajstić information content (AvgIpc) is 2.34. The zero-order chi connectivity index (χ0) is 14.0. The molecule has 4 N–H and O–H groups in total. The SMILES string of the molecule is NC(=S)c1ccc(NC2CCC(=O)NC2=O)c(Br)c1. The maximum absolute atomic E-state index is 11.6. The molecule has 7 heteroatoms. The Balaban J connectivity index is 2.13. The van der Waals surface area contributed by atoms with Crippen molar-refractivity contribution in [3.05, 3.63) is 28.2 Å². The highest BCUT2D eigenvalue weighted by Crippen LogP contribution is 2.25. The molecule has 1 aliphatic rings. The fraction of sp³-hybridized carbons (Fsp3) is 0.250. The van der Waals surface area contributed by atoms with Crippen LogP contribution in [0.5, 0.6) is 0 Å². The van der Waals surface area contributed by atoms with E-state index in [0.717, 1.165) is 15.7 Å². The van der Waals surface area contributed by atoms with Crippen LogP contribution in [0.2, 0.25) is 0 Å². The summed E-state index contributed by atoms with van der Waals surface area (Å²) in [5.41, 5.74) is 7.05. The van der Waals surface area contributed by atoms with Crippen LogP contribution >= 0.6 is 28.1 Å². The fourth-order valence-corrected chi connectivity index (χ4v) is 2.42. The van der Waals surface area contributed by atoms with Gasteiger partial charge in [0.15, 0.2) is 0 Å². The molecule has 0 saturated carbocycles. The number of carbonyl (C=O) groups is 2. The molecule has 1 unspecified atom stereocenters. The Hall–Kier alpha value is -1.47. The number of rotatable bonds is 3. The van der Waals surface area contributed by atoms with E-state index in [4.69, 9.17) is 18.0 Å². The van der Waals surface area contributed by atoms with Crippen molar-refractivity contribution in [3.63, 3.8) is 0 Å². The summed E-state index contributed by atoms with van der Waals surface area (Å²) in [7, 11) is 0. The van der Waals surface area contributed by atoms with Gasteiger partial charge in [0.25, 0.3) is 0 Å². The number of piperidine rings is 1. The van der Waals surface area contributed by atoms with Gasteiger partial charge in [-0.25, -0.2) is 0 Å². The van der Waals surface area contributed by atoms with Crippen molar-refractivity contribution >= 4 is 50.6 Å². The summed E-state index contributed by atoms with van der Waals surface area (Å²) in [6.45, 7) is 0. The van der Waals surface area contributed by atoms with Gasteiger partial charge < -0.3 is 11.1 Å². The van der Waals surface area contributed by atoms with Crippen LogP contribution in [0.4, 0.5) is 5.69 Å². The lowest BCUT2D eigenvalue weighted by Crippen LogP contribution is -2.47. The monoisotopic (exact) mass is 341 g/mol. The maximum atomic E-state index is 11.6. The second kappa shape index (κ2) is 5.66. The highest BCUT2D eigenvalue weighted by Gasteiger charge is 2.26. The molecule has 0 radical (unpaired) electrons. The lowest BCUT2D eigenvalue weighted by molar-refractivity contribution is -0.133. The Bertz CT molecular complexity index is 562. The van der Waals surface area contributed by atoms with Crippen molar-refractivity contribution in [2.24, 2.45) is 5.73 Å². The molecule has 0 spiro atoms. The van der Waals surface area contributed by atoms with Gasteiger partial charge in [-0.05, 0) is 40.5 Å². The Morgan fingerprint density at radius 2 is 2.21 bits per heavy atom. The predicted octanol–water partition coefficient (Wildman–Crippen LogP) is 1.30. The number of halogens is 1. The number of hydrogen-bond acceptors (Lipinski definition) is 4. The van der Waals surface area contributed by atoms with Crippen molar-refractivity contribution < 1.29 is 9.59 Å². The molecule has 1 aromatic carbocycles. The van der Waals surface area contributed by atoms with Crippen LogP contribution in [-0.4, -0.2) is 22.8 Å². The van der Waals surface area contributed by atoms with Crippen LogP contribution in [-0.2, 0) is 9.59 Å². The molecule has 2 rings (SSSR count). The molecule has 1 aromatic rings. The molecule has 1 aliphatic heterocycles. The van der Waals surface area contributed by atoms with Gasteiger partial charge in [0.2, 0.25) is 11.8 Å². The van der Waals surface area contributed by atoms with Crippen LogP contribution in [0.15, 0.2) is 22.7 Å². The first-order valence-corrected chi connectivity index (χ1v) is 6.87. The number of nitrogens with one attached hydrogen (secondary N) is 2. The van der Waals surface area contributed by atoms with Crippen molar-refractivity contribution in [1.82, 2.24) is 5.32 Å². The average molecular weight is 342 g/mol. The van der Waals surface area contributed by atoms with Gasteiger partial charge >= 0.3 is 0 Å². The summed E-state index contributed by atoms with van der Waals surface area (Å²) in [6.07, 6.45) is 0.820. The molecule has 1 fully saturated rings. The Morgan fingerprint density at radius 1 is 1.47 bits per heavy atom. The number of benzene rings is 1. The Kier molecular flexibility index (Phi) is 4.16. The van der Waals surface area contributed by atoms with Crippen LogP contribution in [0.3, 0.4) is 0 Å². The second-order valence-electron chi connectivity index (χ2n) is 4.21. The van der Waals surface area contributed by atoms with E-state index in [0.29, 0.717) is 17.8 Å². The number of nitrogens with two attached hydrogens (primary N) is 1. The molecule has 5 nitrogen and oxygen atoms in total. The molecule has 0 bridgehead atoms. The minimum Gasteiger partial charge on any atom is -0.389 e. The van der Waals surface area contributed by atoms with E-state index in [1.165, 1.54) is 0 Å². The van der Waals surface area contributed by atoms with Gasteiger partial charge in [0.1, 0.15) is 11.0 Å². The molecule has 1 saturated heterocycles. The molecule has 100 valence electrons. The number of anilines is 1. The van der Waals surface area contributed by atoms with Crippen LogP contribution in [0, 0.1) is 0 Å². The quantitative estimate of drug-likeness (QED) is 0.570. The van der Waals surface area contributed by atoms with Gasteiger partial charge in [0, 0.05) is 22.1 Å². The second-order valence-corrected chi connectivity index (χ2v) is 5.50. The van der Waals surface area contributed by atoms with Gasteiger partial charge in [-0.15, -0.1) is 0 Å². The van der Waals surface area contributed by atoms with Crippen molar-refractivity contribution in [3.8, 4) is 0 Å². The standard InChI is InChI=1S/C12H12BrN3O2S/c13-7-5-6(11(14)19)1-2-8(7)15-9-3-4-10(17)16-12(9)18/h1-2,5,9,15H,3-4H2,(H2,14,19)(H,16,17,18). The molecular formula is C12H12BrN3O2S. The highest BCUT2D eigenvalue weighted by atomic mass is 79.9. The van der Waals surface area contributed by atoms with E-state index in [1.54, 1.807) is 18.2 Å². The first-order valence-electron chi connectivity index (χ1n) is 5.67. The molecule has 0 aromatic heterocycles. The topological polar surface area (TPSA) is 84.2 Å². The summed E-state index contributed by atoms with van der Waals surface area (Å²) >= 11 is 8.29. The molecule has 19 heavy (non-hydrogen) atoms.